The number of anilines is 1. The van der Waals surface area contributed by atoms with E-state index in [4.69, 9.17) is 16.3 Å². The molecule has 0 spiro atoms. The van der Waals surface area contributed by atoms with Gasteiger partial charge in [-0.3, -0.25) is 9.59 Å². The van der Waals surface area contributed by atoms with Crippen molar-refractivity contribution in [1.82, 2.24) is 14.8 Å². The summed E-state index contributed by atoms with van der Waals surface area (Å²) >= 11 is 7.22. The van der Waals surface area contributed by atoms with Crippen LogP contribution in [0.5, 0.6) is 5.75 Å². The normalized spacial score (nSPS) is 11.9. The van der Waals surface area contributed by atoms with Crippen molar-refractivity contribution in [3.8, 4) is 5.75 Å². The largest absolute Gasteiger partial charge is 0.486 e. The zero-order chi connectivity index (χ0) is 23.3. The molecule has 1 atom stereocenters. The molecule has 7 nitrogen and oxygen atoms in total. The van der Waals surface area contributed by atoms with Crippen LogP contribution in [0.2, 0.25) is 5.02 Å². The number of nitrogens with one attached hydrogen (secondary N) is 1. The average Bonchev–Trinajstić information content (AvgIpc) is 3.12. The smallest absolute Gasteiger partial charge is 0.226 e. The molecule has 1 heterocycles. The first-order valence-electron chi connectivity index (χ1n) is 10.1. The Morgan fingerprint density at radius 1 is 1.06 bits per heavy atom. The van der Waals surface area contributed by atoms with Crippen LogP contribution in [0.1, 0.15) is 37.0 Å². The van der Waals surface area contributed by atoms with Crippen molar-refractivity contribution >= 4 is 40.7 Å². The van der Waals surface area contributed by atoms with E-state index in [1.54, 1.807) is 48.5 Å². The van der Waals surface area contributed by atoms with Gasteiger partial charge in [0.1, 0.15) is 12.4 Å². The number of ether oxygens (including phenoxy) is 1. The lowest BCUT2D eigenvalue weighted by Gasteiger charge is -2.12. The minimum absolute atomic E-state index is 0.0290. The summed E-state index contributed by atoms with van der Waals surface area (Å²) in [6.07, 6.45) is 0. The molecule has 32 heavy (non-hydrogen) atoms. The van der Waals surface area contributed by atoms with Gasteiger partial charge in [0.15, 0.2) is 16.8 Å². The fourth-order valence-electron chi connectivity index (χ4n) is 2.70. The van der Waals surface area contributed by atoms with Gasteiger partial charge >= 0.3 is 0 Å². The molecule has 9 heteroatoms. The standard InChI is InChI=1S/C23H25ClN4O3S/c1-14(2)22(30)25-18-9-5-16(6-10-18)21(29)15(3)32-23-27-26-20(28(23)4)13-31-19-11-7-17(24)8-12-19/h5-12,14-15H,13H2,1-4H3,(H,25,30). The molecule has 1 unspecified atom stereocenters. The maximum Gasteiger partial charge on any atom is 0.226 e. The first-order chi connectivity index (χ1) is 15.2. The SMILES string of the molecule is CC(C)C(=O)Nc1ccc(C(=O)C(C)Sc2nnc(COc3ccc(Cl)cc3)n2C)cc1. The monoisotopic (exact) mass is 472 g/mol. The lowest BCUT2D eigenvalue weighted by Crippen LogP contribution is -2.18. The number of Topliss-reactive ketones (excluding diaryl/α,β-unsaturated/α-hetero) is 1. The number of benzene rings is 2. The summed E-state index contributed by atoms with van der Waals surface area (Å²) in [6, 6.07) is 14.0. The third-order valence-electron chi connectivity index (χ3n) is 4.72. The fraction of sp³-hybridized carbons (Fsp3) is 0.304. The quantitative estimate of drug-likeness (QED) is 0.348. The van der Waals surface area contributed by atoms with Crippen LogP contribution >= 0.6 is 23.4 Å². The number of carbonyl (C=O) groups excluding carboxylic acids is 2. The van der Waals surface area contributed by atoms with Crippen LogP contribution < -0.4 is 10.1 Å². The van der Waals surface area contributed by atoms with E-state index in [-0.39, 0.29) is 29.5 Å². The Morgan fingerprint density at radius 2 is 1.72 bits per heavy atom. The summed E-state index contributed by atoms with van der Waals surface area (Å²) in [6.45, 7) is 5.74. The highest BCUT2D eigenvalue weighted by Gasteiger charge is 2.20. The number of ketones is 1. The molecule has 0 aliphatic rings. The predicted molar refractivity (Wildman–Crippen MR) is 126 cm³/mol. The van der Waals surface area contributed by atoms with Crippen molar-refractivity contribution in [1.29, 1.82) is 0 Å². The van der Waals surface area contributed by atoms with E-state index < -0.39 is 0 Å². The molecule has 0 saturated heterocycles. The van der Waals surface area contributed by atoms with Gasteiger partial charge in [0.05, 0.1) is 5.25 Å². The number of carbonyl (C=O) groups is 2. The van der Waals surface area contributed by atoms with Gasteiger partial charge in [-0.1, -0.05) is 37.2 Å². The van der Waals surface area contributed by atoms with E-state index in [2.05, 4.69) is 15.5 Å². The topological polar surface area (TPSA) is 86.1 Å². The summed E-state index contributed by atoms with van der Waals surface area (Å²) in [5.41, 5.74) is 1.24. The number of thioether (sulfide) groups is 1. The van der Waals surface area contributed by atoms with E-state index in [9.17, 15) is 9.59 Å². The third-order valence-corrected chi connectivity index (χ3v) is 6.11. The molecule has 1 amide bonds. The van der Waals surface area contributed by atoms with Gasteiger partial charge in [-0.2, -0.15) is 0 Å². The number of hydrogen-bond donors (Lipinski definition) is 1. The first-order valence-corrected chi connectivity index (χ1v) is 11.4. The number of halogens is 1. The van der Waals surface area contributed by atoms with E-state index in [0.717, 1.165) is 0 Å². The Kier molecular flexibility index (Phi) is 7.93. The third kappa shape index (κ3) is 6.11. The molecule has 168 valence electrons. The Labute approximate surface area is 196 Å². The van der Waals surface area contributed by atoms with Crippen LogP contribution in [-0.4, -0.2) is 31.7 Å². The van der Waals surface area contributed by atoms with E-state index >= 15 is 0 Å². The fourth-order valence-corrected chi connectivity index (χ4v) is 3.74. The highest BCUT2D eigenvalue weighted by molar-refractivity contribution is 8.00. The second kappa shape index (κ2) is 10.7. The van der Waals surface area contributed by atoms with Gasteiger partial charge in [-0.25, -0.2) is 0 Å². The summed E-state index contributed by atoms with van der Waals surface area (Å²) in [7, 11) is 1.84. The van der Waals surface area contributed by atoms with Gasteiger partial charge in [0.2, 0.25) is 5.91 Å². The second-order valence-corrected chi connectivity index (χ2v) is 9.29. The molecule has 3 rings (SSSR count). The lowest BCUT2D eigenvalue weighted by atomic mass is 10.1. The van der Waals surface area contributed by atoms with Crippen LogP contribution in [-0.2, 0) is 18.4 Å². The molecule has 0 fully saturated rings. The van der Waals surface area contributed by atoms with Crippen molar-refractivity contribution in [2.45, 2.75) is 37.8 Å². The zero-order valence-electron chi connectivity index (χ0n) is 18.3. The van der Waals surface area contributed by atoms with Crippen LogP contribution in [0, 0.1) is 5.92 Å². The molecule has 1 N–H and O–H groups in total. The molecule has 2 aromatic carbocycles. The summed E-state index contributed by atoms with van der Waals surface area (Å²) in [5.74, 6) is 1.13. The Hall–Kier alpha value is -2.84. The molecule has 0 saturated carbocycles. The van der Waals surface area contributed by atoms with Gasteiger partial charge in [0, 0.05) is 29.2 Å². The van der Waals surface area contributed by atoms with Crippen LogP contribution in [0.15, 0.2) is 53.7 Å². The van der Waals surface area contributed by atoms with Crippen LogP contribution in [0.4, 0.5) is 5.69 Å². The number of nitrogens with zero attached hydrogens (tertiary/aromatic N) is 3. The van der Waals surface area contributed by atoms with Gasteiger partial charge in [-0.05, 0) is 55.5 Å². The van der Waals surface area contributed by atoms with Crippen molar-refractivity contribution in [2.24, 2.45) is 13.0 Å². The van der Waals surface area contributed by atoms with Crippen LogP contribution in [0.25, 0.3) is 0 Å². The van der Waals surface area contributed by atoms with Crippen molar-refractivity contribution < 1.29 is 14.3 Å². The van der Waals surface area contributed by atoms with Gasteiger partial charge in [-0.15, -0.1) is 10.2 Å². The molecular formula is C23H25ClN4O3S. The summed E-state index contributed by atoms with van der Waals surface area (Å²) in [4.78, 5) is 24.7. The molecule has 0 bridgehead atoms. The number of hydrogen-bond acceptors (Lipinski definition) is 6. The maximum atomic E-state index is 12.8. The van der Waals surface area contributed by atoms with Crippen LogP contribution in [0.3, 0.4) is 0 Å². The summed E-state index contributed by atoms with van der Waals surface area (Å²) in [5, 5.41) is 12.1. The van der Waals surface area contributed by atoms with E-state index in [0.29, 0.717) is 33.0 Å². The van der Waals surface area contributed by atoms with E-state index in [1.165, 1.54) is 11.8 Å². The molecule has 0 radical (unpaired) electrons. The second-order valence-electron chi connectivity index (χ2n) is 7.55. The van der Waals surface area contributed by atoms with Crippen molar-refractivity contribution in [3.63, 3.8) is 0 Å². The number of amides is 1. The average molecular weight is 473 g/mol. The highest BCUT2D eigenvalue weighted by atomic mass is 35.5. The minimum atomic E-state index is -0.362. The van der Waals surface area contributed by atoms with Gasteiger partial charge < -0.3 is 14.6 Å². The number of rotatable bonds is 9. The Bertz CT molecular complexity index is 1080. The lowest BCUT2D eigenvalue weighted by molar-refractivity contribution is -0.118. The van der Waals surface area contributed by atoms with Gasteiger partial charge in [0.25, 0.3) is 0 Å². The Balaban J connectivity index is 1.59. The number of aromatic nitrogens is 3. The minimum Gasteiger partial charge on any atom is -0.486 e. The molecular weight excluding hydrogens is 448 g/mol. The van der Waals surface area contributed by atoms with Crippen molar-refractivity contribution in [3.05, 3.63) is 64.9 Å². The maximum absolute atomic E-state index is 12.8. The molecule has 1 aromatic heterocycles. The van der Waals surface area contributed by atoms with Crippen molar-refractivity contribution in [2.75, 3.05) is 5.32 Å². The van der Waals surface area contributed by atoms with E-state index in [1.807, 2.05) is 32.4 Å². The molecule has 3 aromatic rings. The Morgan fingerprint density at radius 3 is 2.34 bits per heavy atom. The first kappa shape index (κ1) is 23.8. The summed E-state index contributed by atoms with van der Waals surface area (Å²) < 4.78 is 7.54. The zero-order valence-corrected chi connectivity index (χ0v) is 19.9. The molecule has 0 aliphatic carbocycles. The predicted octanol–water partition coefficient (Wildman–Crippen LogP) is 5.01. The molecule has 0 aliphatic heterocycles. The highest BCUT2D eigenvalue weighted by Crippen LogP contribution is 2.25.